The quantitative estimate of drug-likeness (QED) is 0.903. The molecule has 1 fully saturated rings. The van der Waals surface area contributed by atoms with Gasteiger partial charge in [-0.05, 0) is 44.0 Å². The molecule has 0 amide bonds. The molecule has 0 atom stereocenters. The molecule has 2 rings (SSSR count). The van der Waals surface area contributed by atoms with Crippen molar-refractivity contribution in [2.75, 3.05) is 13.2 Å². The molecule has 1 aliphatic rings. The van der Waals surface area contributed by atoms with Crippen molar-refractivity contribution in [1.29, 1.82) is 0 Å². The molecule has 0 spiro atoms. The summed E-state index contributed by atoms with van der Waals surface area (Å²) in [6.45, 7) is 1.24. The molecule has 16 heavy (non-hydrogen) atoms. The Labute approximate surface area is 103 Å². The van der Waals surface area contributed by atoms with Crippen molar-refractivity contribution in [1.82, 2.24) is 0 Å². The molecule has 2 nitrogen and oxygen atoms in total. The van der Waals surface area contributed by atoms with E-state index in [0.29, 0.717) is 18.9 Å². The van der Waals surface area contributed by atoms with Crippen LogP contribution in [0.2, 0.25) is 0 Å². The van der Waals surface area contributed by atoms with Gasteiger partial charge < -0.3 is 10.5 Å². The Bertz CT molecular complexity index is 379. The summed E-state index contributed by atoms with van der Waals surface area (Å²) < 4.78 is 19.7. The van der Waals surface area contributed by atoms with Gasteiger partial charge in [0.25, 0.3) is 0 Å². The van der Waals surface area contributed by atoms with Crippen molar-refractivity contribution in [2.45, 2.75) is 19.3 Å². The number of ether oxygens (including phenoxy) is 1. The van der Waals surface area contributed by atoms with Crippen LogP contribution in [0.4, 0.5) is 4.39 Å². The average molecular weight is 288 g/mol. The fraction of sp³-hybridized carbons (Fsp3) is 0.500. The van der Waals surface area contributed by atoms with Crippen molar-refractivity contribution in [3.8, 4) is 5.75 Å². The zero-order chi connectivity index (χ0) is 11.6. The van der Waals surface area contributed by atoms with Crippen LogP contribution in [0.15, 0.2) is 22.7 Å². The molecule has 0 heterocycles. The highest BCUT2D eigenvalue weighted by Gasteiger charge is 2.42. The molecule has 1 saturated carbocycles. The SMILES string of the molecule is NCCC1(COc2ccc(Br)cc2F)CC1. The number of rotatable bonds is 5. The van der Waals surface area contributed by atoms with Gasteiger partial charge in [-0.1, -0.05) is 15.9 Å². The second-order valence-electron chi connectivity index (χ2n) is 4.40. The van der Waals surface area contributed by atoms with E-state index in [4.69, 9.17) is 10.5 Å². The third kappa shape index (κ3) is 2.74. The fourth-order valence-electron chi connectivity index (χ4n) is 1.77. The lowest BCUT2D eigenvalue weighted by molar-refractivity contribution is 0.218. The second-order valence-corrected chi connectivity index (χ2v) is 5.32. The smallest absolute Gasteiger partial charge is 0.166 e. The average Bonchev–Trinajstić information content (AvgIpc) is 2.98. The number of hydrogen-bond acceptors (Lipinski definition) is 2. The minimum Gasteiger partial charge on any atom is -0.490 e. The maximum atomic E-state index is 13.5. The van der Waals surface area contributed by atoms with Gasteiger partial charge in [0, 0.05) is 9.89 Å². The van der Waals surface area contributed by atoms with Crippen LogP contribution in [-0.4, -0.2) is 13.2 Å². The van der Waals surface area contributed by atoms with Gasteiger partial charge in [-0.3, -0.25) is 0 Å². The topological polar surface area (TPSA) is 35.2 Å². The van der Waals surface area contributed by atoms with Gasteiger partial charge in [-0.2, -0.15) is 0 Å². The van der Waals surface area contributed by atoms with Crippen LogP contribution >= 0.6 is 15.9 Å². The number of halogens is 2. The van der Waals surface area contributed by atoms with Crippen molar-refractivity contribution >= 4 is 15.9 Å². The van der Waals surface area contributed by atoms with E-state index < -0.39 is 0 Å². The van der Waals surface area contributed by atoms with Gasteiger partial charge in [-0.25, -0.2) is 4.39 Å². The third-order valence-corrected chi connectivity index (χ3v) is 3.55. The predicted octanol–water partition coefficient (Wildman–Crippen LogP) is 3.10. The molecule has 0 bridgehead atoms. The molecular formula is C12H15BrFNO. The summed E-state index contributed by atoms with van der Waals surface area (Å²) in [5.74, 6) is 0.00409. The van der Waals surface area contributed by atoms with Crippen LogP contribution < -0.4 is 10.5 Å². The first-order valence-electron chi connectivity index (χ1n) is 5.43. The molecule has 1 aromatic carbocycles. The number of nitrogens with two attached hydrogens (primary N) is 1. The van der Waals surface area contributed by atoms with Crippen molar-refractivity contribution < 1.29 is 9.13 Å². The zero-order valence-electron chi connectivity index (χ0n) is 9.01. The highest BCUT2D eigenvalue weighted by atomic mass is 79.9. The predicted molar refractivity (Wildman–Crippen MR) is 64.9 cm³/mol. The lowest BCUT2D eigenvalue weighted by Crippen LogP contribution is -2.17. The van der Waals surface area contributed by atoms with Gasteiger partial charge in [0.15, 0.2) is 11.6 Å². The first-order valence-corrected chi connectivity index (χ1v) is 6.22. The summed E-state index contributed by atoms with van der Waals surface area (Å²) in [6, 6.07) is 4.84. The van der Waals surface area contributed by atoms with Gasteiger partial charge in [0.05, 0.1) is 6.61 Å². The first-order chi connectivity index (χ1) is 7.65. The van der Waals surface area contributed by atoms with E-state index in [1.807, 2.05) is 0 Å². The van der Waals surface area contributed by atoms with Crippen LogP contribution in [0.1, 0.15) is 19.3 Å². The number of hydrogen-bond donors (Lipinski definition) is 1. The monoisotopic (exact) mass is 287 g/mol. The molecule has 1 aromatic rings. The summed E-state index contributed by atoms with van der Waals surface area (Å²) in [5.41, 5.74) is 5.75. The first kappa shape index (κ1) is 11.9. The van der Waals surface area contributed by atoms with Gasteiger partial charge in [-0.15, -0.1) is 0 Å². The highest BCUT2D eigenvalue weighted by Crippen LogP contribution is 2.48. The minimum atomic E-state index is -0.321. The molecule has 2 N–H and O–H groups in total. The second kappa shape index (κ2) is 4.72. The van der Waals surface area contributed by atoms with E-state index in [9.17, 15) is 4.39 Å². The summed E-state index contributed by atoms with van der Waals surface area (Å²) >= 11 is 3.21. The minimum absolute atomic E-state index is 0.217. The molecule has 88 valence electrons. The van der Waals surface area contributed by atoms with E-state index in [1.165, 1.54) is 6.07 Å². The summed E-state index contributed by atoms with van der Waals surface area (Å²) in [6.07, 6.45) is 3.25. The standard InChI is InChI=1S/C12H15BrFNO/c13-9-1-2-11(10(14)7-9)16-8-12(3-4-12)5-6-15/h1-2,7H,3-6,8,15H2. The Morgan fingerprint density at radius 3 is 2.75 bits per heavy atom. The molecule has 0 aromatic heterocycles. The van der Waals surface area contributed by atoms with E-state index in [1.54, 1.807) is 12.1 Å². The molecule has 4 heteroatoms. The third-order valence-electron chi connectivity index (χ3n) is 3.06. The summed E-state index contributed by atoms with van der Waals surface area (Å²) in [7, 11) is 0. The van der Waals surface area contributed by atoms with Crippen LogP contribution in [0.25, 0.3) is 0 Å². The summed E-state index contributed by atoms with van der Waals surface area (Å²) in [5, 5.41) is 0. The van der Waals surface area contributed by atoms with E-state index in [-0.39, 0.29) is 11.2 Å². The lowest BCUT2D eigenvalue weighted by Gasteiger charge is -2.15. The van der Waals surface area contributed by atoms with Gasteiger partial charge >= 0.3 is 0 Å². The maximum absolute atomic E-state index is 13.5. The Hall–Kier alpha value is -0.610. The molecule has 0 aliphatic heterocycles. The normalized spacial score (nSPS) is 17.2. The van der Waals surface area contributed by atoms with Crippen molar-refractivity contribution in [3.63, 3.8) is 0 Å². The highest BCUT2D eigenvalue weighted by molar-refractivity contribution is 9.10. The van der Waals surface area contributed by atoms with Gasteiger partial charge in [0.2, 0.25) is 0 Å². The van der Waals surface area contributed by atoms with E-state index in [2.05, 4.69) is 15.9 Å². The Morgan fingerprint density at radius 2 is 2.19 bits per heavy atom. The molecule has 1 aliphatic carbocycles. The summed E-state index contributed by atoms with van der Waals surface area (Å²) in [4.78, 5) is 0. The molecular weight excluding hydrogens is 273 g/mol. The van der Waals surface area contributed by atoms with E-state index >= 15 is 0 Å². The number of benzene rings is 1. The maximum Gasteiger partial charge on any atom is 0.166 e. The Kier molecular flexibility index (Phi) is 3.50. The molecule has 0 unspecified atom stereocenters. The van der Waals surface area contributed by atoms with Crippen LogP contribution in [0, 0.1) is 11.2 Å². The van der Waals surface area contributed by atoms with E-state index in [0.717, 1.165) is 23.7 Å². The lowest BCUT2D eigenvalue weighted by atomic mass is 10.0. The Balaban J connectivity index is 1.94. The molecule has 0 radical (unpaired) electrons. The Morgan fingerprint density at radius 1 is 1.44 bits per heavy atom. The van der Waals surface area contributed by atoms with Crippen molar-refractivity contribution in [3.05, 3.63) is 28.5 Å². The van der Waals surface area contributed by atoms with Crippen LogP contribution in [-0.2, 0) is 0 Å². The van der Waals surface area contributed by atoms with Crippen LogP contribution in [0.5, 0.6) is 5.75 Å². The van der Waals surface area contributed by atoms with Crippen molar-refractivity contribution in [2.24, 2.45) is 11.1 Å². The zero-order valence-corrected chi connectivity index (χ0v) is 10.6. The van der Waals surface area contributed by atoms with Gasteiger partial charge in [0.1, 0.15) is 0 Å². The van der Waals surface area contributed by atoms with Crippen LogP contribution in [0.3, 0.4) is 0 Å². The fourth-order valence-corrected chi connectivity index (χ4v) is 2.11. The largest absolute Gasteiger partial charge is 0.490 e. The molecule has 0 saturated heterocycles.